The van der Waals surface area contributed by atoms with E-state index in [1.54, 1.807) is 0 Å². The molecule has 0 amide bonds. The zero-order valence-electron chi connectivity index (χ0n) is 8.44. The van der Waals surface area contributed by atoms with E-state index in [9.17, 15) is 5.11 Å². The Labute approximate surface area is 83.3 Å². The highest BCUT2D eigenvalue weighted by atomic mass is 16.6. The van der Waals surface area contributed by atoms with Gasteiger partial charge in [0.1, 0.15) is 11.4 Å². The molecule has 0 radical (unpaired) electrons. The Morgan fingerprint density at radius 1 is 1.36 bits per heavy atom. The van der Waals surface area contributed by atoms with Crippen molar-refractivity contribution in [1.29, 1.82) is 0 Å². The zero-order valence-corrected chi connectivity index (χ0v) is 8.44. The summed E-state index contributed by atoms with van der Waals surface area (Å²) in [5, 5.41) is 17.4. The van der Waals surface area contributed by atoms with Crippen LogP contribution in [-0.4, -0.2) is 21.5 Å². The van der Waals surface area contributed by atoms with Gasteiger partial charge in [-0.3, -0.25) is 0 Å². The molecule has 1 aliphatic rings. The minimum atomic E-state index is -0.167. The summed E-state index contributed by atoms with van der Waals surface area (Å²) in [6, 6.07) is 0. The average molecular weight is 196 g/mol. The van der Waals surface area contributed by atoms with Gasteiger partial charge in [-0.05, 0) is 25.7 Å². The fraction of sp³-hybridized carbons (Fsp3) is 0.800. The summed E-state index contributed by atoms with van der Waals surface area (Å²) in [6.07, 6.45) is 5.01. The summed E-state index contributed by atoms with van der Waals surface area (Å²) >= 11 is 0. The largest absolute Gasteiger partial charge is 0.393 e. The molecule has 4 nitrogen and oxygen atoms in total. The third-order valence-corrected chi connectivity index (χ3v) is 3.07. The van der Waals surface area contributed by atoms with Crippen LogP contribution in [0, 0.1) is 12.8 Å². The second-order valence-electron chi connectivity index (χ2n) is 4.11. The summed E-state index contributed by atoms with van der Waals surface area (Å²) in [7, 11) is 0. The normalized spacial score (nSPS) is 27.9. The van der Waals surface area contributed by atoms with Gasteiger partial charge in [-0.2, -0.15) is 0 Å². The number of hydrogen-bond acceptors (Lipinski definition) is 4. The second-order valence-corrected chi connectivity index (χ2v) is 4.11. The Hall–Kier alpha value is -0.900. The second kappa shape index (κ2) is 4.09. The summed E-state index contributed by atoms with van der Waals surface area (Å²) in [5.41, 5.74) is 1.75. The van der Waals surface area contributed by atoms with Crippen molar-refractivity contribution >= 4 is 0 Å². The molecule has 2 rings (SSSR count). The molecule has 0 spiro atoms. The zero-order chi connectivity index (χ0) is 9.97. The van der Waals surface area contributed by atoms with Crippen LogP contribution in [0.3, 0.4) is 0 Å². The van der Waals surface area contributed by atoms with Crippen molar-refractivity contribution in [2.45, 2.75) is 45.1 Å². The van der Waals surface area contributed by atoms with Crippen LogP contribution < -0.4 is 0 Å². The van der Waals surface area contributed by atoms with Crippen molar-refractivity contribution in [2.75, 3.05) is 0 Å². The molecule has 1 aliphatic carbocycles. The number of aryl methyl sites for hydroxylation is 1. The highest BCUT2D eigenvalue weighted by molar-refractivity contribution is 5.06. The molecule has 1 aromatic rings. The lowest BCUT2D eigenvalue weighted by Crippen LogP contribution is -2.26. The van der Waals surface area contributed by atoms with Gasteiger partial charge in [0, 0.05) is 6.42 Å². The van der Waals surface area contributed by atoms with Gasteiger partial charge in [-0.25, -0.2) is 4.63 Å². The molecule has 0 aliphatic heterocycles. The van der Waals surface area contributed by atoms with Crippen LogP contribution >= 0.6 is 0 Å². The third kappa shape index (κ3) is 1.95. The minimum absolute atomic E-state index is 0.167. The Bertz CT molecular complexity index is 298. The lowest BCUT2D eigenvalue weighted by Gasteiger charge is -2.26. The van der Waals surface area contributed by atoms with Crippen molar-refractivity contribution < 1.29 is 9.74 Å². The highest BCUT2D eigenvalue weighted by Crippen LogP contribution is 2.27. The van der Waals surface area contributed by atoms with Crippen LogP contribution in [-0.2, 0) is 6.42 Å². The van der Waals surface area contributed by atoms with Gasteiger partial charge in [0.2, 0.25) is 0 Å². The molecule has 2 atom stereocenters. The Kier molecular flexibility index (Phi) is 2.82. The quantitative estimate of drug-likeness (QED) is 0.778. The number of aliphatic hydroxyl groups excluding tert-OH is 1. The van der Waals surface area contributed by atoms with Gasteiger partial charge in [-0.1, -0.05) is 23.2 Å². The first-order chi connectivity index (χ1) is 6.77. The molecule has 1 fully saturated rings. The van der Waals surface area contributed by atoms with E-state index in [1.165, 1.54) is 6.42 Å². The Morgan fingerprint density at radius 2 is 2.14 bits per heavy atom. The van der Waals surface area contributed by atoms with Crippen molar-refractivity contribution in [2.24, 2.45) is 5.92 Å². The molecule has 78 valence electrons. The molecule has 1 heterocycles. The van der Waals surface area contributed by atoms with Gasteiger partial charge in [0.05, 0.1) is 6.10 Å². The van der Waals surface area contributed by atoms with E-state index in [0.29, 0.717) is 5.92 Å². The first-order valence-electron chi connectivity index (χ1n) is 5.23. The van der Waals surface area contributed by atoms with Crippen molar-refractivity contribution in [3.8, 4) is 0 Å². The third-order valence-electron chi connectivity index (χ3n) is 3.07. The minimum Gasteiger partial charge on any atom is -0.393 e. The molecule has 1 aromatic heterocycles. The number of nitrogens with zero attached hydrogens (tertiary/aromatic N) is 2. The van der Waals surface area contributed by atoms with Crippen LogP contribution in [0.25, 0.3) is 0 Å². The van der Waals surface area contributed by atoms with Gasteiger partial charge in [0.15, 0.2) is 0 Å². The van der Waals surface area contributed by atoms with Crippen LogP contribution in [0.2, 0.25) is 0 Å². The predicted octanol–water partition coefficient (Wildman–Crippen LogP) is 1.47. The smallest absolute Gasteiger partial charge is 0.108 e. The fourth-order valence-corrected chi connectivity index (χ4v) is 2.11. The first-order valence-corrected chi connectivity index (χ1v) is 5.23. The molecule has 0 saturated heterocycles. The van der Waals surface area contributed by atoms with Crippen LogP contribution in [0.1, 0.15) is 37.1 Å². The molecular weight excluding hydrogens is 180 g/mol. The van der Waals surface area contributed by atoms with E-state index in [0.717, 1.165) is 37.1 Å². The van der Waals surface area contributed by atoms with E-state index in [2.05, 4.69) is 14.9 Å². The topological polar surface area (TPSA) is 59.2 Å². The Balaban J connectivity index is 1.99. The maximum Gasteiger partial charge on any atom is 0.108 e. The summed E-state index contributed by atoms with van der Waals surface area (Å²) < 4.78 is 4.64. The number of hydrogen-bond donors (Lipinski definition) is 1. The fourth-order valence-electron chi connectivity index (χ4n) is 2.11. The first kappa shape index (κ1) is 9.65. The maximum absolute atomic E-state index is 9.78. The molecule has 1 N–H and O–H groups in total. The monoisotopic (exact) mass is 196 g/mol. The van der Waals surface area contributed by atoms with Crippen molar-refractivity contribution in [1.82, 2.24) is 10.3 Å². The predicted molar refractivity (Wildman–Crippen MR) is 50.7 cm³/mol. The van der Waals surface area contributed by atoms with E-state index >= 15 is 0 Å². The van der Waals surface area contributed by atoms with E-state index in [1.807, 2.05) is 6.92 Å². The SMILES string of the molecule is Cc1nonc1CC1CCCCC1O. The van der Waals surface area contributed by atoms with E-state index in [-0.39, 0.29) is 6.10 Å². The van der Waals surface area contributed by atoms with Gasteiger partial charge in [0.25, 0.3) is 0 Å². The maximum atomic E-state index is 9.78. The van der Waals surface area contributed by atoms with Crippen molar-refractivity contribution in [3.63, 3.8) is 0 Å². The molecular formula is C10H16N2O2. The molecule has 2 unspecified atom stereocenters. The molecule has 1 saturated carbocycles. The van der Waals surface area contributed by atoms with Crippen LogP contribution in [0.5, 0.6) is 0 Å². The molecule has 4 heteroatoms. The number of aliphatic hydroxyl groups is 1. The summed E-state index contributed by atoms with van der Waals surface area (Å²) in [5.74, 6) is 0.342. The highest BCUT2D eigenvalue weighted by Gasteiger charge is 2.24. The van der Waals surface area contributed by atoms with E-state index < -0.39 is 0 Å². The standard InChI is InChI=1S/C10H16N2O2/c1-7-9(12-14-11-7)6-8-4-2-3-5-10(8)13/h8,10,13H,2-6H2,1H3. The summed E-state index contributed by atoms with van der Waals surface area (Å²) in [4.78, 5) is 0. The molecule has 14 heavy (non-hydrogen) atoms. The van der Waals surface area contributed by atoms with Crippen LogP contribution in [0.4, 0.5) is 0 Å². The number of rotatable bonds is 2. The molecule has 0 bridgehead atoms. The lowest BCUT2D eigenvalue weighted by molar-refractivity contribution is 0.0690. The Morgan fingerprint density at radius 3 is 2.79 bits per heavy atom. The van der Waals surface area contributed by atoms with Crippen LogP contribution in [0.15, 0.2) is 4.63 Å². The number of aromatic nitrogens is 2. The van der Waals surface area contributed by atoms with E-state index in [4.69, 9.17) is 0 Å². The van der Waals surface area contributed by atoms with Gasteiger partial charge in [-0.15, -0.1) is 0 Å². The lowest BCUT2D eigenvalue weighted by atomic mass is 9.83. The van der Waals surface area contributed by atoms with Crippen molar-refractivity contribution in [3.05, 3.63) is 11.4 Å². The molecule has 0 aromatic carbocycles. The van der Waals surface area contributed by atoms with Gasteiger partial charge < -0.3 is 5.11 Å². The average Bonchev–Trinajstić information content (AvgIpc) is 2.56. The summed E-state index contributed by atoms with van der Waals surface area (Å²) in [6.45, 7) is 1.89. The van der Waals surface area contributed by atoms with Gasteiger partial charge >= 0.3 is 0 Å².